The van der Waals surface area contributed by atoms with Crippen molar-refractivity contribution in [3.63, 3.8) is 0 Å². The van der Waals surface area contributed by atoms with E-state index in [4.69, 9.17) is 9.84 Å². The SMILES string of the molecule is CC(C)Oc1ccc2c(=O)n(CC(=O)O)ccc2c1. The number of pyridine rings is 1. The molecule has 1 aromatic heterocycles. The zero-order chi connectivity index (χ0) is 14.0. The Balaban J connectivity index is 2.47. The van der Waals surface area contributed by atoms with Gasteiger partial charge in [-0.3, -0.25) is 9.59 Å². The highest BCUT2D eigenvalue weighted by Crippen LogP contribution is 2.19. The molecule has 19 heavy (non-hydrogen) atoms. The first-order chi connectivity index (χ1) is 8.97. The molecule has 0 saturated heterocycles. The molecule has 0 atom stereocenters. The second-order valence-corrected chi connectivity index (χ2v) is 4.56. The summed E-state index contributed by atoms with van der Waals surface area (Å²) >= 11 is 0. The van der Waals surface area contributed by atoms with Gasteiger partial charge in [-0.15, -0.1) is 0 Å². The van der Waals surface area contributed by atoms with Crippen molar-refractivity contribution in [3.05, 3.63) is 40.8 Å². The maximum Gasteiger partial charge on any atom is 0.323 e. The van der Waals surface area contributed by atoms with Gasteiger partial charge in [0, 0.05) is 11.6 Å². The fourth-order valence-electron chi connectivity index (χ4n) is 1.88. The van der Waals surface area contributed by atoms with E-state index in [0.29, 0.717) is 11.1 Å². The van der Waals surface area contributed by atoms with Gasteiger partial charge in [0.15, 0.2) is 0 Å². The maximum absolute atomic E-state index is 12.1. The number of aromatic nitrogens is 1. The summed E-state index contributed by atoms with van der Waals surface area (Å²) in [6.45, 7) is 3.52. The minimum Gasteiger partial charge on any atom is -0.491 e. The summed E-state index contributed by atoms with van der Waals surface area (Å²) in [5.41, 5.74) is -0.309. The second-order valence-electron chi connectivity index (χ2n) is 4.56. The lowest BCUT2D eigenvalue weighted by molar-refractivity contribution is -0.137. The number of carboxylic acids is 1. The lowest BCUT2D eigenvalue weighted by Gasteiger charge is -2.10. The van der Waals surface area contributed by atoms with Crippen molar-refractivity contribution < 1.29 is 14.6 Å². The van der Waals surface area contributed by atoms with Crippen LogP contribution in [0.15, 0.2) is 35.3 Å². The van der Waals surface area contributed by atoms with Gasteiger partial charge in [-0.25, -0.2) is 0 Å². The molecule has 5 heteroatoms. The molecule has 0 spiro atoms. The van der Waals surface area contributed by atoms with E-state index in [1.54, 1.807) is 24.3 Å². The fourth-order valence-corrected chi connectivity index (χ4v) is 1.88. The van der Waals surface area contributed by atoms with Gasteiger partial charge in [0.25, 0.3) is 5.56 Å². The largest absolute Gasteiger partial charge is 0.491 e. The van der Waals surface area contributed by atoms with Crippen LogP contribution >= 0.6 is 0 Å². The minimum absolute atomic E-state index is 0.0600. The van der Waals surface area contributed by atoms with Crippen LogP contribution in [-0.2, 0) is 11.3 Å². The first kappa shape index (κ1) is 13.1. The highest BCUT2D eigenvalue weighted by molar-refractivity contribution is 5.83. The standard InChI is InChI=1S/C14H15NO4/c1-9(2)19-11-3-4-12-10(7-11)5-6-15(14(12)18)8-13(16)17/h3-7,9H,8H2,1-2H3,(H,16,17). The highest BCUT2D eigenvalue weighted by atomic mass is 16.5. The van der Waals surface area contributed by atoms with Crippen molar-refractivity contribution in [2.24, 2.45) is 0 Å². The van der Waals surface area contributed by atoms with Gasteiger partial charge in [-0.05, 0) is 43.5 Å². The van der Waals surface area contributed by atoms with Crippen molar-refractivity contribution in [3.8, 4) is 5.75 Å². The van der Waals surface area contributed by atoms with Crippen LogP contribution in [0.3, 0.4) is 0 Å². The Morgan fingerprint density at radius 3 is 2.74 bits per heavy atom. The van der Waals surface area contributed by atoms with Crippen LogP contribution in [-0.4, -0.2) is 21.7 Å². The zero-order valence-electron chi connectivity index (χ0n) is 10.8. The summed E-state index contributed by atoms with van der Waals surface area (Å²) in [5.74, 6) is -0.348. The molecular formula is C14H15NO4. The minimum atomic E-state index is -1.04. The van der Waals surface area contributed by atoms with E-state index < -0.39 is 5.97 Å². The summed E-state index contributed by atoms with van der Waals surface area (Å²) in [5, 5.41) is 9.95. The molecule has 2 aromatic rings. The summed E-state index contributed by atoms with van der Waals surface area (Å²) in [6, 6.07) is 6.87. The Kier molecular flexibility index (Phi) is 3.55. The zero-order valence-corrected chi connectivity index (χ0v) is 10.8. The van der Waals surface area contributed by atoms with Gasteiger partial charge < -0.3 is 14.4 Å². The smallest absolute Gasteiger partial charge is 0.323 e. The van der Waals surface area contributed by atoms with E-state index in [2.05, 4.69) is 0 Å². The number of carbonyl (C=O) groups is 1. The van der Waals surface area contributed by atoms with Gasteiger partial charge in [-0.2, -0.15) is 0 Å². The number of carboxylic acid groups (broad SMARTS) is 1. The number of fused-ring (bicyclic) bond motifs is 1. The molecule has 0 aliphatic rings. The van der Waals surface area contributed by atoms with Gasteiger partial charge in [0.2, 0.25) is 0 Å². The molecule has 0 radical (unpaired) electrons. The van der Waals surface area contributed by atoms with E-state index in [-0.39, 0.29) is 18.2 Å². The van der Waals surface area contributed by atoms with Crippen molar-refractivity contribution in [1.82, 2.24) is 4.57 Å². The molecule has 2 rings (SSSR count). The van der Waals surface area contributed by atoms with E-state index in [1.807, 2.05) is 13.8 Å². The molecule has 0 bridgehead atoms. The third kappa shape index (κ3) is 2.93. The lowest BCUT2D eigenvalue weighted by Crippen LogP contribution is -2.23. The fraction of sp³-hybridized carbons (Fsp3) is 0.286. The monoisotopic (exact) mass is 261 g/mol. The molecular weight excluding hydrogens is 246 g/mol. The number of benzene rings is 1. The Bertz CT molecular complexity index is 673. The molecule has 0 aliphatic carbocycles. The van der Waals surface area contributed by atoms with E-state index in [0.717, 1.165) is 5.39 Å². The molecule has 1 heterocycles. The molecule has 100 valence electrons. The molecule has 1 N–H and O–H groups in total. The number of aliphatic carboxylic acids is 1. The molecule has 5 nitrogen and oxygen atoms in total. The molecule has 0 unspecified atom stereocenters. The number of nitrogens with zero attached hydrogens (tertiary/aromatic N) is 1. The number of hydrogen-bond donors (Lipinski definition) is 1. The number of rotatable bonds is 4. The number of hydrogen-bond acceptors (Lipinski definition) is 3. The van der Waals surface area contributed by atoms with E-state index in [9.17, 15) is 9.59 Å². The van der Waals surface area contributed by atoms with Gasteiger partial charge in [0.05, 0.1) is 6.10 Å². The van der Waals surface area contributed by atoms with E-state index in [1.165, 1.54) is 10.8 Å². The van der Waals surface area contributed by atoms with Crippen LogP contribution in [0, 0.1) is 0 Å². The molecule has 0 saturated carbocycles. The third-order valence-corrected chi connectivity index (χ3v) is 2.63. The van der Waals surface area contributed by atoms with Gasteiger partial charge in [0.1, 0.15) is 12.3 Å². The lowest BCUT2D eigenvalue weighted by atomic mass is 10.1. The molecule has 0 fully saturated rings. The van der Waals surface area contributed by atoms with Crippen LogP contribution in [0.1, 0.15) is 13.8 Å². The molecule has 0 aliphatic heterocycles. The van der Waals surface area contributed by atoms with Crippen LogP contribution in [0.25, 0.3) is 10.8 Å². The van der Waals surface area contributed by atoms with Crippen molar-refractivity contribution in [2.45, 2.75) is 26.5 Å². The van der Waals surface area contributed by atoms with Crippen LogP contribution in [0.4, 0.5) is 0 Å². The quantitative estimate of drug-likeness (QED) is 0.912. The molecule has 1 aromatic carbocycles. The van der Waals surface area contributed by atoms with Crippen LogP contribution in [0.2, 0.25) is 0 Å². The first-order valence-electron chi connectivity index (χ1n) is 5.99. The molecule has 0 amide bonds. The van der Waals surface area contributed by atoms with Crippen LogP contribution < -0.4 is 10.3 Å². The summed E-state index contributed by atoms with van der Waals surface area (Å²) < 4.78 is 6.73. The summed E-state index contributed by atoms with van der Waals surface area (Å²) in [6.07, 6.45) is 1.54. The summed E-state index contributed by atoms with van der Waals surface area (Å²) in [4.78, 5) is 22.7. The first-order valence-corrected chi connectivity index (χ1v) is 5.99. The Morgan fingerprint density at radius 1 is 1.37 bits per heavy atom. The number of ether oxygens (including phenoxy) is 1. The normalized spacial score (nSPS) is 10.9. The van der Waals surface area contributed by atoms with Crippen LogP contribution in [0.5, 0.6) is 5.75 Å². The van der Waals surface area contributed by atoms with Gasteiger partial charge in [-0.1, -0.05) is 0 Å². The van der Waals surface area contributed by atoms with Gasteiger partial charge >= 0.3 is 5.97 Å². The predicted molar refractivity (Wildman–Crippen MR) is 71.6 cm³/mol. The summed E-state index contributed by atoms with van der Waals surface area (Å²) in [7, 11) is 0. The highest BCUT2D eigenvalue weighted by Gasteiger charge is 2.07. The topological polar surface area (TPSA) is 68.5 Å². The van der Waals surface area contributed by atoms with Crippen molar-refractivity contribution in [1.29, 1.82) is 0 Å². The average Bonchev–Trinajstić information content (AvgIpc) is 2.31. The third-order valence-electron chi connectivity index (χ3n) is 2.63. The second kappa shape index (κ2) is 5.14. The Hall–Kier alpha value is -2.30. The van der Waals surface area contributed by atoms with E-state index >= 15 is 0 Å². The Morgan fingerprint density at radius 2 is 2.11 bits per heavy atom. The maximum atomic E-state index is 12.1. The average molecular weight is 261 g/mol. The predicted octanol–water partition coefficient (Wildman–Crippen LogP) is 1.87. The van der Waals surface area contributed by atoms with Crippen molar-refractivity contribution in [2.75, 3.05) is 0 Å². The van der Waals surface area contributed by atoms with Crippen molar-refractivity contribution >= 4 is 16.7 Å². The Labute approximate surface area is 110 Å².